The number of carbonyl (C=O) groups excluding carboxylic acids is 1. The lowest BCUT2D eigenvalue weighted by atomic mass is 9.99. The number of aromatic nitrogens is 2. The van der Waals surface area contributed by atoms with Gasteiger partial charge in [-0.05, 0) is 37.5 Å². The Kier molecular flexibility index (Phi) is 4.49. The number of fused-ring (bicyclic) bond motifs is 1. The number of carboxylic acid groups (broad SMARTS) is 1. The normalized spacial score (nSPS) is 13.8. The molecule has 2 atom stereocenters. The van der Waals surface area contributed by atoms with Crippen LogP contribution in [0.4, 0.5) is 0 Å². The third-order valence-corrected chi connectivity index (χ3v) is 3.94. The van der Waals surface area contributed by atoms with Gasteiger partial charge in [0.15, 0.2) is 0 Å². The number of hydrogen-bond acceptors (Lipinski definition) is 3. The maximum Gasteiger partial charge on any atom is 0.326 e. The number of nitrogens with one attached hydrogen (secondary N) is 1. The summed E-state index contributed by atoms with van der Waals surface area (Å²) >= 11 is 0. The highest BCUT2D eigenvalue weighted by atomic mass is 16.4. The van der Waals surface area contributed by atoms with E-state index in [4.69, 9.17) is 0 Å². The van der Waals surface area contributed by atoms with Gasteiger partial charge in [-0.3, -0.25) is 9.20 Å². The minimum atomic E-state index is -1.02. The first-order valence-electron chi connectivity index (χ1n) is 7.34. The molecule has 2 rings (SSSR count). The van der Waals surface area contributed by atoms with E-state index in [1.807, 2.05) is 32.9 Å². The van der Waals surface area contributed by atoms with E-state index in [0.717, 1.165) is 5.56 Å². The Morgan fingerprint density at radius 1 is 1.41 bits per heavy atom. The monoisotopic (exact) mass is 303 g/mol. The maximum absolute atomic E-state index is 12.5. The summed E-state index contributed by atoms with van der Waals surface area (Å²) in [5, 5.41) is 11.9. The highest BCUT2D eigenvalue weighted by Crippen LogP contribution is 2.15. The SMILES string of the molecule is CCC(C)C(NC(=O)c1c(C)nc2cc(C)ccn12)C(=O)O. The summed E-state index contributed by atoms with van der Waals surface area (Å²) in [6.45, 7) is 7.40. The molecule has 0 aromatic carbocycles. The second-order valence-electron chi connectivity index (χ2n) is 5.65. The molecular weight excluding hydrogens is 282 g/mol. The smallest absolute Gasteiger partial charge is 0.326 e. The third kappa shape index (κ3) is 2.95. The average Bonchev–Trinajstić information content (AvgIpc) is 2.78. The van der Waals surface area contributed by atoms with Gasteiger partial charge in [-0.15, -0.1) is 0 Å². The van der Waals surface area contributed by atoms with Gasteiger partial charge in [0, 0.05) is 6.20 Å². The number of amides is 1. The first-order valence-corrected chi connectivity index (χ1v) is 7.34. The molecule has 0 fully saturated rings. The van der Waals surface area contributed by atoms with E-state index in [0.29, 0.717) is 23.5 Å². The fourth-order valence-electron chi connectivity index (χ4n) is 2.43. The van der Waals surface area contributed by atoms with Crippen LogP contribution in [0.15, 0.2) is 18.3 Å². The largest absolute Gasteiger partial charge is 0.480 e. The molecule has 1 amide bonds. The second-order valence-corrected chi connectivity index (χ2v) is 5.65. The van der Waals surface area contributed by atoms with Crippen LogP contribution in [0.25, 0.3) is 5.65 Å². The van der Waals surface area contributed by atoms with Crippen molar-refractivity contribution in [3.05, 3.63) is 35.3 Å². The van der Waals surface area contributed by atoms with Crippen molar-refractivity contribution in [1.29, 1.82) is 0 Å². The minimum absolute atomic E-state index is 0.150. The van der Waals surface area contributed by atoms with Crippen LogP contribution in [0.1, 0.15) is 42.0 Å². The Hall–Kier alpha value is -2.37. The lowest BCUT2D eigenvalue weighted by Gasteiger charge is -2.20. The van der Waals surface area contributed by atoms with E-state index < -0.39 is 17.9 Å². The van der Waals surface area contributed by atoms with Crippen LogP contribution in [0.5, 0.6) is 0 Å². The number of hydrogen-bond donors (Lipinski definition) is 2. The zero-order valence-corrected chi connectivity index (χ0v) is 13.3. The number of pyridine rings is 1. The molecule has 22 heavy (non-hydrogen) atoms. The lowest BCUT2D eigenvalue weighted by Crippen LogP contribution is -2.45. The number of aryl methyl sites for hydroxylation is 2. The van der Waals surface area contributed by atoms with Gasteiger partial charge in [-0.25, -0.2) is 9.78 Å². The van der Waals surface area contributed by atoms with Crippen molar-refractivity contribution in [2.24, 2.45) is 5.92 Å². The highest BCUT2D eigenvalue weighted by Gasteiger charge is 2.27. The number of aliphatic carboxylic acids is 1. The predicted octanol–water partition coefficient (Wildman–Crippen LogP) is 2.18. The first kappa shape index (κ1) is 16.0. The van der Waals surface area contributed by atoms with Crippen molar-refractivity contribution >= 4 is 17.5 Å². The van der Waals surface area contributed by atoms with Gasteiger partial charge in [-0.1, -0.05) is 20.3 Å². The molecule has 0 aliphatic carbocycles. The van der Waals surface area contributed by atoms with Gasteiger partial charge in [0.2, 0.25) is 0 Å². The molecule has 0 spiro atoms. The van der Waals surface area contributed by atoms with E-state index in [1.54, 1.807) is 17.5 Å². The summed E-state index contributed by atoms with van der Waals surface area (Å²) in [4.78, 5) is 28.3. The average molecular weight is 303 g/mol. The number of imidazole rings is 1. The van der Waals surface area contributed by atoms with Crippen LogP contribution >= 0.6 is 0 Å². The molecule has 2 N–H and O–H groups in total. The summed E-state index contributed by atoms with van der Waals surface area (Å²) in [6, 6.07) is 2.86. The molecule has 6 nitrogen and oxygen atoms in total. The summed E-state index contributed by atoms with van der Waals surface area (Å²) in [5.74, 6) is -1.59. The molecule has 2 aromatic rings. The third-order valence-electron chi connectivity index (χ3n) is 3.94. The van der Waals surface area contributed by atoms with Crippen molar-refractivity contribution < 1.29 is 14.7 Å². The molecule has 0 bridgehead atoms. The maximum atomic E-state index is 12.5. The van der Waals surface area contributed by atoms with E-state index in [1.165, 1.54) is 0 Å². The Labute approximate surface area is 129 Å². The van der Waals surface area contributed by atoms with Gasteiger partial charge in [0.25, 0.3) is 5.91 Å². The first-order chi connectivity index (χ1) is 10.3. The molecular formula is C16H21N3O3. The Balaban J connectivity index is 2.37. The van der Waals surface area contributed by atoms with Crippen molar-refractivity contribution in [3.8, 4) is 0 Å². The van der Waals surface area contributed by atoms with E-state index >= 15 is 0 Å². The fourth-order valence-corrected chi connectivity index (χ4v) is 2.43. The Bertz CT molecular complexity index is 721. The van der Waals surface area contributed by atoms with Crippen LogP contribution in [0, 0.1) is 19.8 Å². The van der Waals surface area contributed by atoms with Crippen LogP contribution in [-0.4, -0.2) is 32.4 Å². The zero-order chi connectivity index (χ0) is 16.4. The number of carboxylic acids is 1. The summed E-state index contributed by atoms with van der Waals surface area (Å²) in [6.07, 6.45) is 2.45. The molecule has 0 aliphatic rings. The Morgan fingerprint density at radius 3 is 2.68 bits per heavy atom. The Morgan fingerprint density at radius 2 is 2.09 bits per heavy atom. The molecule has 0 radical (unpaired) electrons. The fraction of sp³-hybridized carbons (Fsp3) is 0.438. The zero-order valence-electron chi connectivity index (χ0n) is 13.3. The van der Waals surface area contributed by atoms with Crippen LogP contribution in [0.3, 0.4) is 0 Å². The number of carbonyl (C=O) groups is 2. The molecule has 118 valence electrons. The van der Waals surface area contributed by atoms with Gasteiger partial charge < -0.3 is 10.4 Å². The van der Waals surface area contributed by atoms with Crippen molar-refractivity contribution in [2.75, 3.05) is 0 Å². The highest BCUT2D eigenvalue weighted by molar-refractivity contribution is 5.97. The molecule has 6 heteroatoms. The van der Waals surface area contributed by atoms with E-state index in [9.17, 15) is 14.7 Å². The molecule has 0 saturated heterocycles. The van der Waals surface area contributed by atoms with Crippen molar-refractivity contribution in [1.82, 2.24) is 14.7 Å². The predicted molar refractivity (Wildman–Crippen MR) is 83.0 cm³/mol. The van der Waals surface area contributed by atoms with E-state index in [2.05, 4.69) is 10.3 Å². The minimum Gasteiger partial charge on any atom is -0.480 e. The van der Waals surface area contributed by atoms with Crippen molar-refractivity contribution in [3.63, 3.8) is 0 Å². The number of rotatable bonds is 5. The van der Waals surface area contributed by atoms with Crippen LogP contribution in [-0.2, 0) is 4.79 Å². The lowest BCUT2D eigenvalue weighted by molar-refractivity contribution is -0.140. The van der Waals surface area contributed by atoms with Gasteiger partial charge in [0.1, 0.15) is 17.4 Å². The van der Waals surface area contributed by atoms with Gasteiger partial charge >= 0.3 is 5.97 Å². The van der Waals surface area contributed by atoms with Crippen molar-refractivity contribution in [2.45, 2.75) is 40.2 Å². The summed E-state index contributed by atoms with van der Waals surface area (Å²) in [5.41, 5.74) is 2.69. The van der Waals surface area contributed by atoms with Crippen LogP contribution in [0.2, 0.25) is 0 Å². The van der Waals surface area contributed by atoms with E-state index in [-0.39, 0.29) is 5.92 Å². The molecule has 0 aliphatic heterocycles. The molecule has 2 heterocycles. The molecule has 0 saturated carbocycles. The molecule has 2 unspecified atom stereocenters. The van der Waals surface area contributed by atoms with Gasteiger partial charge in [-0.2, -0.15) is 0 Å². The standard InChI is InChI=1S/C16H21N3O3/c1-5-10(3)13(16(21)22)18-15(20)14-11(4)17-12-8-9(2)6-7-19(12)14/h6-8,10,13H,5H2,1-4H3,(H,18,20)(H,21,22). The van der Waals surface area contributed by atoms with Crippen LogP contribution < -0.4 is 5.32 Å². The van der Waals surface area contributed by atoms with Gasteiger partial charge in [0.05, 0.1) is 5.69 Å². The molecule has 2 aromatic heterocycles. The number of nitrogens with zero attached hydrogens (tertiary/aromatic N) is 2. The summed E-state index contributed by atoms with van der Waals surface area (Å²) in [7, 11) is 0. The second kappa shape index (κ2) is 6.17. The quantitative estimate of drug-likeness (QED) is 0.886. The summed E-state index contributed by atoms with van der Waals surface area (Å²) < 4.78 is 1.69. The topological polar surface area (TPSA) is 83.7 Å².